The Labute approximate surface area is 159 Å². The zero-order valence-electron chi connectivity index (χ0n) is 14.3. The highest BCUT2D eigenvalue weighted by Gasteiger charge is 2.30. The summed E-state index contributed by atoms with van der Waals surface area (Å²) in [4.78, 5) is 24.4. The number of halogens is 3. The van der Waals surface area contributed by atoms with Crippen molar-refractivity contribution in [2.75, 3.05) is 11.9 Å². The number of rotatable bonds is 4. The van der Waals surface area contributed by atoms with E-state index in [9.17, 15) is 18.4 Å². The van der Waals surface area contributed by atoms with Crippen LogP contribution in [0.1, 0.15) is 12.5 Å². The van der Waals surface area contributed by atoms with Crippen molar-refractivity contribution in [2.45, 2.75) is 19.4 Å². The van der Waals surface area contributed by atoms with E-state index in [0.717, 1.165) is 23.8 Å². The Bertz CT molecular complexity index is 890. The Hall–Kier alpha value is -2.67. The SMILES string of the molecule is C[C@@H](OC(=O)[C@@H]1COc2ccc(Cl)cc2C1)C(=O)Nc1cc(F)ccc1F. The fraction of sp³-hybridized carbons (Fsp3) is 0.263. The van der Waals surface area contributed by atoms with E-state index in [-0.39, 0.29) is 12.3 Å². The summed E-state index contributed by atoms with van der Waals surface area (Å²) in [6, 6.07) is 7.79. The van der Waals surface area contributed by atoms with Crippen molar-refractivity contribution >= 4 is 29.2 Å². The molecule has 8 heteroatoms. The molecule has 1 N–H and O–H groups in total. The molecular formula is C19H16ClF2NO4. The summed E-state index contributed by atoms with van der Waals surface area (Å²) in [5.74, 6) is -2.84. The van der Waals surface area contributed by atoms with Crippen molar-refractivity contribution in [3.05, 3.63) is 58.6 Å². The number of esters is 1. The van der Waals surface area contributed by atoms with E-state index in [1.165, 1.54) is 6.92 Å². The van der Waals surface area contributed by atoms with E-state index in [1.807, 2.05) is 0 Å². The van der Waals surface area contributed by atoms with Crippen LogP contribution in [0.5, 0.6) is 5.75 Å². The van der Waals surface area contributed by atoms with Crippen LogP contribution in [0.15, 0.2) is 36.4 Å². The third-order valence-electron chi connectivity index (χ3n) is 4.11. The number of carbonyl (C=O) groups excluding carboxylic acids is 2. The summed E-state index contributed by atoms with van der Waals surface area (Å²) in [6.45, 7) is 1.46. The van der Waals surface area contributed by atoms with Gasteiger partial charge in [-0.2, -0.15) is 0 Å². The van der Waals surface area contributed by atoms with Crippen molar-refractivity contribution in [1.29, 1.82) is 0 Å². The summed E-state index contributed by atoms with van der Waals surface area (Å²) >= 11 is 5.95. The molecule has 2 atom stereocenters. The summed E-state index contributed by atoms with van der Waals surface area (Å²) < 4.78 is 37.5. The van der Waals surface area contributed by atoms with E-state index in [0.29, 0.717) is 17.2 Å². The molecule has 142 valence electrons. The molecule has 1 aliphatic heterocycles. The second-order valence-corrected chi connectivity index (χ2v) is 6.59. The molecular weight excluding hydrogens is 380 g/mol. The molecule has 5 nitrogen and oxygen atoms in total. The second-order valence-electron chi connectivity index (χ2n) is 6.16. The zero-order chi connectivity index (χ0) is 19.6. The lowest BCUT2D eigenvalue weighted by Gasteiger charge is -2.25. The van der Waals surface area contributed by atoms with E-state index in [1.54, 1.807) is 18.2 Å². The highest BCUT2D eigenvalue weighted by molar-refractivity contribution is 6.30. The first kappa shape index (κ1) is 19.1. The maximum atomic E-state index is 13.6. The van der Waals surface area contributed by atoms with Gasteiger partial charge in [0.25, 0.3) is 5.91 Å². The number of nitrogens with one attached hydrogen (secondary N) is 1. The number of hydrogen-bond acceptors (Lipinski definition) is 4. The lowest BCUT2D eigenvalue weighted by atomic mass is 9.97. The normalized spacial score (nSPS) is 16.7. The van der Waals surface area contributed by atoms with Crippen LogP contribution in [0, 0.1) is 17.6 Å². The molecule has 0 aromatic heterocycles. The van der Waals surface area contributed by atoms with Gasteiger partial charge >= 0.3 is 5.97 Å². The van der Waals surface area contributed by atoms with E-state index < -0.39 is 35.5 Å². The van der Waals surface area contributed by atoms with Crippen molar-refractivity contribution in [2.24, 2.45) is 5.92 Å². The zero-order valence-corrected chi connectivity index (χ0v) is 15.1. The van der Waals surface area contributed by atoms with Gasteiger partial charge in [-0.3, -0.25) is 9.59 Å². The first-order chi connectivity index (χ1) is 12.8. The van der Waals surface area contributed by atoms with Crippen LogP contribution in [-0.4, -0.2) is 24.6 Å². The van der Waals surface area contributed by atoms with Crippen LogP contribution in [0.25, 0.3) is 0 Å². The molecule has 0 saturated carbocycles. The standard InChI is InChI=1S/C19H16ClF2NO4/c1-10(18(24)23-16-8-14(21)3-4-15(16)22)27-19(25)12-6-11-7-13(20)2-5-17(11)26-9-12/h2-5,7-8,10,12H,6,9H2,1H3,(H,23,24)/t10-,12+/m1/s1. The predicted octanol–water partition coefficient (Wildman–Crippen LogP) is 3.74. The lowest BCUT2D eigenvalue weighted by molar-refractivity contribution is -0.158. The van der Waals surface area contributed by atoms with Crippen molar-refractivity contribution in [3.8, 4) is 5.75 Å². The van der Waals surface area contributed by atoms with E-state index in [4.69, 9.17) is 21.1 Å². The van der Waals surface area contributed by atoms with Crippen LogP contribution in [0.2, 0.25) is 5.02 Å². The van der Waals surface area contributed by atoms with Gasteiger partial charge in [-0.05, 0) is 49.2 Å². The van der Waals surface area contributed by atoms with Crippen LogP contribution < -0.4 is 10.1 Å². The monoisotopic (exact) mass is 395 g/mol. The molecule has 0 fully saturated rings. The smallest absolute Gasteiger partial charge is 0.313 e. The minimum Gasteiger partial charge on any atom is -0.492 e. The van der Waals surface area contributed by atoms with Gasteiger partial charge in [-0.1, -0.05) is 11.6 Å². The first-order valence-electron chi connectivity index (χ1n) is 8.21. The fourth-order valence-electron chi connectivity index (χ4n) is 2.67. The van der Waals surface area contributed by atoms with Crippen LogP contribution in [0.3, 0.4) is 0 Å². The lowest BCUT2D eigenvalue weighted by Crippen LogP contribution is -2.36. The predicted molar refractivity (Wildman–Crippen MR) is 94.7 cm³/mol. The third-order valence-corrected chi connectivity index (χ3v) is 4.35. The molecule has 0 aliphatic carbocycles. The van der Waals surface area contributed by atoms with Crippen molar-refractivity contribution < 1.29 is 27.8 Å². The Kier molecular flexibility index (Phi) is 5.60. The van der Waals surface area contributed by atoms with Gasteiger partial charge in [0.2, 0.25) is 0 Å². The molecule has 0 unspecified atom stereocenters. The third kappa shape index (κ3) is 4.54. The summed E-state index contributed by atoms with van der Waals surface area (Å²) in [5, 5.41) is 2.73. The maximum absolute atomic E-state index is 13.6. The quantitative estimate of drug-likeness (QED) is 0.801. The average molecular weight is 396 g/mol. The second kappa shape index (κ2) is 7.92. The molecule has 0 saturated heterocycles. The van der Waals surface area contributed by atoms with Gasteiger partial charge in [0, 0.05) is 11.1 Å². The molecule has 2 aromatic carbocycles. The highest BCUT2D eigenvalue weighted by Crippen LogP contribution is 2.30. The van der Waals surface area contributed by atoms with Gasteiger partial charge in [-0.15, -0.1) is 0 Å². The topological polar surface area (TPSA) is 64.6 Å². The Morgan fingerprint density at radius 3 is 2.81 bits per heavy atom. The highest BCUT2D eigenvalue weighted by atomic mass is 35.5. The van der Waals surface area contributed by atoms with Gasteiger partial charge in [0.1, 0.15) is 24.0 Å². The molecule has 1 amide bonds. The first-order valence-corrected chi connectivity index (χ1v) is 8.59. The molecule has 1 heterocycles. The summed E-state index contributed by atoms with van der Waals surface area (Å²) in [6.07, 6.45) is -0.831. The summed E-state index contributed by atoms with van der Waals surface area (Å²) in [5.41, 5.74) is 0.446. The average Bonchev–Trinajstić information content (AvgIpc) is 2.63. The number of hydrogen-bond donors (Lipinski definition) is 1. The number of fused-ring (bicyclic) bond motifs is 1. The Balaban J connectivity index is 1.60. The number of benzene rings is 2. The summed E-state index contributed by atoms with van der Waals surface area (Å²) in [7, 11) is 0. The number of carbonyl (C=O) groups is 2. The van der Waals surface area contributed by atoms with Gasteiger partial charge in [-0.25, -0.2) is 8.78 Å². The van der Waals surface area contributed by atoms with Crippen LogP contribution >= 0.6 is 11.6 Å². The molecule has 27 heavy (non-hydrogen) atoms. The Morgan fingerprint density at radius 1 is 1.26 bits per heavy atom. The minimum absolute atomic E-state index is 0.111. The molecule has 1 aliphatic rings. The van der Waals surface area contributed by atoms with Crippen LogP contribution in [-0.2, 0) is 20.7 Å². The van der Waals surface area contributed by atoms with Crippen molar-refractivity contribution in [3.63, 3.8) is 0 Å². The molecule has 3 rings (SSSR count). The molecule has 2 aromatic rings. The van der Waals surface area contributed by atoms with E-state index in [2.05, 4.69) is 5.32 Å². The molecule has 0 bridgehead atoms. The molecule has 0 radical (unpaired) electrons. The van der Waals surface area contributed by atoms with Crippen molar-refractivity contribution in [1.82, 2.24) is 0 Å². The maximum Gasteiger partial charge on any atom is 0.313 e. The fourth-order valence-corrected chi connectivity index (χ4v) is 2.86. The van der Waals surface area contributed by atoms with Gasteiger partial charge < -0.3 is 14.8 Å². The number of ether oxygens (including phenoxy) is 2. The number of anilines is 1. The Morgan fingerprint density at radius 2 is 2.04 bits per heavy atom. The van der Waals surface area contributed by atoms with Gasteiger partial charge in [0.15, 0.2) is 6.10 Å². The van der Waals surface area contributed by atoms with E-state index >= 15 is 0 Å². The van der Waals surface area contributed by atoms with Crippen LogP contribution in [0.4, 0.5) is 14.5 Å². The largest absolute Gasteiger partial charge is 0.492 e. The molecule has 0 spiro atoms. The van der Waals surface area contributed by atoms with Gasteiger partial charge in [0.05, 0.1) is 11.6 Å². The number of amides is 1. The minimum atomic E-state index is -1.19.